The summed E-state index contributed by atoms with van der Waals surface area (Å²) in [5, 5.41) is 5.58. The van der Waals surface area contributed by atoms with Crippen molar-refractivity contribution in [2.45, 2.75) is 25.5 Å². The number of hydrogen-bond acceptors (Lipinski definition) is 4. The minimum atomic E-state index is -0.434. The number of anilines is 1. The molecular formula is C23H21FN2O4. The van der Waals surface area contributed by atoms with Crippen LogP contribution in [0.1, 0.15) is 29.0 Å². The van der Waals surface area contributed by atoms with Crippen LogP contribution in [0.3, 0.4) is 0 Å². The highest BCUT2D eigenvalue weighted by Crippen LogP contribution is 2.22. The smallest absolute Gasteiger partial charge is 0.253 e. The Morgan fingerprint density at radius 1 is 1.07 bits per heavy atom. The average molecular weight is 408 g/mol. The molecule has 1 saturated heterocycles. The lowest BCUT2D eigenvalue weighted by molar-refractivity contribution is -0.124. The second-order valence-electron chi connectivity index (χ2n) is 7.03. The number of ether oxygens (including phenoxy) is 1. The molecule has 7 heteroatoms. The Hall–Kier alpha value is -3.45. The molecule has 30 heavy (non-hydrogen) atoms. The topological polar surface area (TPSA) is 80.6 Å². The highest BCUT2D eigenvalue weighted by Gasteiger charge is 2.23. The van der Waals surface area contributed by atoms with Gasteiger partial charge < -0.3 is 19.8 Å². The maximum atomic E-state index is 13.0. The zero-order chi connectivity index (χ0) is 20.9. The maximum absolute atomic E-state index is 13.0. The van der Waals surface area contributed by atoms with Crippen molar-refractivity contribution in [1.29, 1.82) is 0 Å². The molecule has 6 nitrogen and oxygen atoms in total. The zero-order valence-corrected chi connectivity index (χ0v) is 16.2. The van der Waals surface area contributed by atoms with E-state index in [0.717, 1.165) is 12.0 Å². The van der Waals surface area contributed by atoms with Crippen LogP contribution in [0, 0.1) is 5.82 Å². The van der Waals surface area contributed by atoms with Crippen molar-refractivity contribution in [3.63, 3.8) is 0 Å². The molecule has 2 heterocycles. The van der Waals surface area contributed by atoms with Crippen molar-refractivity contribution in [3.8, 4) is 11.3 Å². The predicted molar refractivity (Wildman–Crippen MR) is 109 cm³/mol. The summed E-state index contributed by atoms with van der Waals surface area (Å²) in [6.45, 7) is 0.794. The molecule has 1 atom stereocenters. The van der Waals surface area contributed by atoms with Crippen LogP contribution in [0.5, 0.6) is 0 Å². The van der Waals surface area contributed by atoms with Gasteiger partial charge in [-0.05, 0) is 67.4 Å². The van der Waals surface area contributed by atoms with E-state index in [2.05, 4.69) is 10.6 Å². The molecule has 4 rings (SSSR count). The lowest BCUT2D eigenvalue weighted by Gasteiger charge is -2.11. The summed E-state index contributed by atoms with van der Waals surface area (Å²) in [6, 6.07) is 16.3. The second kappa shape index (κ2) is 8.92. The predicted octanol–water partition coefficient (Wildman–Crippen LogP) is 4.13. The van der Waals surface area contributed by atoms with E-state index in [1.165, 1.54) is 12.1 Å². The van der Waals surface area contributed by atoms with Crippen LogP contribution in [0.4, 0.5) is 10.1 Å². The van der Waals surface area contributed by atoms with Gasteiger partial charge >= 0.3 is 0 Å². The van der Waals surface area contributed by atoms with Crippen molar-refractivity contribution in [2.75, 3.05) is 11.9 Å². The Labute approximate surface area is 173 Å². The first-order valence-electron chi connectivity index (χ1n) is 9.74. The highest BCUT2D eigenvalue weighted by atomic mass is 19.1. The van der Waals surface area contributed by atoms with E-state index in [0.29, 0.717) is 35.8 Å². The maximum Gasteiger partial charge on any atom is 0.253 e. The molecule has 1 fully saturated rings. The molecular weight excluding hydrogens is 387 g/mol. The van der Waals surface area contributed by atoms with E-state index in [4.69, 9.17) is 9.15 Å². The van der Waals surface area contributed by atoms with Gasteiger partial charge in [-0.3, -0.25) is 9.59 Å². The number of furan rings is 1. The quantitative estimate of drug-likeness (QED) is 0.643. The molecule has 1 aromatic heterocycles. The van der Waals surface area contributed by atoms with Crippen molar-refractivity contribution >= 4 is 17.5 Å². The Balaban J connectivity index is 1.35. The van der Waals surface area contributed by atoms with Crippen LogP contribution in [-0.2, 0) is 16.1 Å². The number of rotatable bonds is 6. The molecule has 2 aromatic carbocycles. The molecule has 3 aromatic rings. The third-order valence-electron chi connectivity index (χ3n) is 4.83. The number of hydrogen-bond donors (Lipinski definition) is 2. The molecule has 154 valence electrons. The van der Waals surface area contributed by atoms with E-state index in [9.17, 15) is 14.0 Å². The van der Waals surface area contributed by atoms with Crippen molar-refractivity contribution in [3.05, 3.63) is 77.8 Å². The van der Waals surface area contributed by atoms with Gasteiger partial charge in [0, 0.05) is 23.4 Å². The number of nitrogens with one attached hydrogen (secondary N) is 2. The van der Waals surface area contributed by atoms with Crippen LogP contribution >= 0.6 is 0 Å². The minimum Gasteiger partial charge on any atom is -0.459 e. The number of benzene rings is 2. The van der Waals surface area contributed by atoms with Crippen LogP contribution in [0.25, 0.3) is 11.3 Å². The first-order valence-corrected chi connectivity index (χ1v) is 9.74. The van der Waals surface area contributed by atoms with Crippen LogP contribution in [0.15, 0.2) is 65.1 Å². The second-order valence-corrected chi connectivity index (χ2v) is 7.03. The lowest BCUT2D eigenvalue weighted by Crippen LogP contribution is -2.27. The highest BCUT2D eigenvalue weighted by molar-refractivity contribution is 5.98. The third-order valence-corrected chi connectivity index (χ3v) is 4.83. The van der Waals surface area contributed by atoms with Gasteiger partial charge in [0.25, 0.3) is 11.8 Å². The summed E-state index contributed by atoms with van der Waals surface area (Å²) < 4.78 is 24.1. The summed E-state index contributed by atoms with van der Waals surface area (Å²) in [5.74, 6) is 0.368. The fraction of sp³-hybridized carbons (Fsp3) is 0.217. The van der Waals surface area contributed by atoms with Gasteiger partial charge in [0.05, 0.1) is 6.54 Å². The Kier molecular flexibility index (Phi) is 5.90. The number of carbonyl (C=O) groups is 2. The Morgan fingerprint density at radius 3 is 2.67 bits per heavy atom. The largest absolute Gasteiger partial charge is 0.459 e. The first kappa shape index (κ1) is 19.8. The summed E-state index contributed by atoms with van der Waals surface area (Å²) in [7, 11) is 0. The molecule has 0 spiro atoms. The van der Waals surface area contributed by atoms with Gasteiger partial charge in [-0.15, -0.1) is 0 Å². The molecule has 0 bridgehead atoms. The van der Waals surface area contributed by atoms with Crippen LogP contribution in [0.2, 0.25) is 0 Å². The summed E-state index contributed by atoms with van der Waals surface area (Å²) in [5.41, 5.74) is 1.72. The molecule has 0 saturated carbocycles. The van der Waals surface area contributed by atoms with E-state index in [1.807, 2.05) is 0 Å². The van der Waals surface area contributed by atoms with E-state index >= 15 is 0 Å². The molecule has 0 radical (unpaired) electrons. The first-order chi connectivity index (χ1) is 14.6. The summed E-state index contributed by atoms with van der Waals surface area (Å²) in [4.78, 5) is 24.7. The van der Waals surface area contributed by atoms with Crippen LogP contribution < -0.4 is 10.6 Å². The van der Waals surface area contributed by atoms with Gasteiger partial charge in [0.1, 0.15) is 23.4 Å². The average Bonchev–Trinajstić information content (AvgIpc) is 3.45. The summed E-state index contributed by atoms with van der Waals surface area (Å²) >= 11 is 0. The molecule has 1 aliphatic rings. The fourth-order valence-corrected chi connectivity index (χ4v) is 3.26. The Morgan fingerprint density at radius 2 is 1.90 bits per heavy atom. The monoisotopic (exact) mass is 408 g/mol. The van der Waals surface area contributed by atoms with E-state index in [-0.39, 0.29) is 24.2 Å². The number of amides is 2. The van der Waals surface area contributed by atoms with Gasteiger partial charge in [0.15, 0.2) is 0 Å². The number of carbonyl (C=O) groups excluding carboxylic acids is 2. The van der Waals surface area contributed by atoms with Crippen molar-refractivity contribution < 1.29 is 23.1 Å². The lowest BCUT2D eigenvalue weighted by atomic mass is 10.1. The fourth-order valence-electron chi connectivity index (χ4n) is 3.26. The summed E-state index contributed by atoms with van der Waals surface area (Å²) in [6.07, 6.45) is 1.14. The Bertz CT molecular complexity index is 1040. The SMILES string of the molecule is O=C(NCc1ccc(-c2ccc(F)cc2)o1)c1cccc(NC(=O)[C@@H]2CCCO2)c1. The molecule has 2 amide bonds. The van der Waals surface area contributed by atoms with E-state index < -0.39 is 6.10 Å². The molecule has 0 aliphatic carbocycles. The minimum absolute atomic E-state index is 0.200. The van der Waals surface area contributed by atoms with E-state index in [1.54, 1.807) is 48.5 Å². The normalized spacial score (nSPS) is 15.7. The molecule has 0 unspecified atom stereocenters. The van der Waals surface area contributed by atoms with Gasteiger partial charge in [-0.25, -0.2) is 4.39 Å². The van der Waals surface area contributed by atoms with Crippen molar-refractivity contribution in [2.24, 2.45) is 0 Å². The standard InChI is InChI=1S/C23H21FN2O4/c24-17-8-6-15(7-9-17)20-11-10-19(30-20)14-25-22(27)16-3-1-4-18(13-16)26-23(28)21-5-2-12-29-21/h1,3-4,6-11,13,21H,2,5,12,14H2,(H,25,27)(H,26,28)/t21-/m0/s1. The molecule has 2 N–H and O–H groups in total. The van der Waals surface area contributed by atoms with Gasteiger partial charge in [-0.1, -0.05) is 6.07 Å². The zero-order valence-electron chi connectivity index (χ0n) is 16.2. The van der Waals surface area contributed by atoms with Crippen LogP contribution in [-0.4, -0.2) is 24.5 Å². The third kappa shape index (κ3) is 4.75. The number of halogens is 1. The molecule has 1 aliphatic heterocycles. The van der Waals surface area contributed by atoms with Crippen molar-refractivity contribution in [1.82, 2.24) is 5.32 Å². The van der Waals surface area contributed by atoms with Gasteiger partial charge in [-0.2, -0.15) is 0 Å². The van der Waals surface area contributed by atoms with Gasteiger partial charge in [0.2, 0.25) is 0 Å².